The minimum absolute atomic E-state index is 0.0153. The minimum Gasteiger partial charge on any atom is -0.497 e. The highest BCUT2D eigenvalue weighted by Crippen LogP contribution is 2.40. The largest absolute Gasteiger partial charge is 0.497 e. The average molecular weight is 560 g/mol. The number of halogens is 1. The van der Waals surface area contributed by atoms with E-state index in [1.807, 2.05) is 59.5 Å². The zero-order valence-corrected chi connectivity index (χ0v) is 23.5. The molecule has 0 aliphatic carbocycles. The topological polar surface area (TPSA) is 67.0 Å². The summed E-state index contributed by atoms with van der Waals surface area (Å²) in [7, 11) is 1.62. The fourth-order valence-electron chi connectivity index (χ4n) is 5.77. The molecular formula is C32H34ClN3O4. The van der Waals surface area contributed by atoms with Crippen molar-refractivity contribution in [2.75, 3.05) is 53.1 Å². The molecule has 7 nitrogen and oxygen atoms in total. The number of fused-ring (bicyclic) bond motifs is 3. The van der Waals surface area contributed by atoms with E-state index in [1.165, 1.54) is 5.56 Å². The van der Waals surface area contributed by atoms with Crippen LogP contribution in [0.4, 0.5) is 0 Å². The Balaban J connectivity index is 1.25. The number of carbonyl (C=O) groups is 1. The van der Waals surface area contributed by atoms with Gasteiger partial charge in [-0.25, -0.2) is 0 Å². The Kier molecular flexibility index (Phi) is 7.96. The fraction of sp³-hybridized carbons (Fsp3) is 0.344. The molecule has 40 heavy (non-hydrogen) atoms. The molecular weight excluding hydrogens is 526 g/mol. The van der Waals surface area contributed by atoms with E-state index < -0.39 is 0 Å². The minimum atomic E-state index is -0.264. The lowest BCUT2D eigenvalue weighted by molar-refractivity contribution is 0.0358. The number of hydrogen-bond donors (Lipinski definition) is 1. The third-order valence-corrected chi connectivity index (χ3v) is 8.11. The summed E-state index contributed by atoms with van der Waals surface area (Å²) in [4.78, 5) is 21.8. The van der Waals surface area contributed by atoms with Crippen LogP contribution in [0, 0.1) is 0 Å². The van der Waals surface area contributed by atoms with Gasteiger partial charge in [0, 0.05) is 53.4 Å². The molecule has 1 fully saturated rings. The van der Waals surface area contributed by atoms with Gasteiger partial charge in [0.2, 0.25) is 0 Å². The summed E-state index contributed by atoms with van der Waals surface area (Å²) in [5.74, 6) is 1.54. The van der Waals surface area contributed by atoms with Crippen molar-refractivity contribution < 1.29 is 19.0 Å². The molecule has 1 aromatic heterocycles. The first-order valence-electron chi connectivity index (χ1n) is 13.9. The van der Waals surface area contributed by atoms with Crippen LogP contribution in [0.3, 0.4) is 0 Å². The number of H-pyrrole nitrogens is 1. The van der Waals surface area contributed by atoms with Crippen molar-refractivity contribution in [3.63, 3.8) is 0 Å². The molecule has 208 valence electrons. The second-order valence-corrected chi connectivity index (χ2v) is 10.7. The van der Waals surface area contributed by atoms with Crippen molar-refractivity contribution in [1.82, 2.24) is 14.8 Å². The van der Waals surface area contributed by atoms with Gasteiger partial charge in [0.25, 0.3) is 5.91 Å². The van der Waals surface area contributed by atoms with Gasteiger partial charge < -0.3 is 24.1 Å². The summed E-state index contributed by atoms with van der Waals surface area (Å²) in [6.07, 6.45) is 1.72. The van der Waals surface area contributed by atoms with Gasteiger partial charge in [0.1, 0.15) is 11.5 Å². The van der Waals surface area contributed by atoms with Crippen LogP contribution in [-0.4, -0.2) is 73.8 Å². The van der Waals surface area contributed by atoms with Crippen LogP contribution in [0.5, 0.6) is 11.5 Å². The van der Waals surface area contributed by atoms with Gasteiger partial charge in [-0.05, 0) is 78.6 Å². The number of morpholine rings is 1. The smallest absolute Gasteiger partial charge is 0.254 e. The molecule has 6 rings (SSSR count). The second-order valence-electron chi connectivity index (χ2n) is 10.3. The Labute approximate surface area is 239 Å². The van der Waals surface area contributed by atoms with Crippen molar-refractivity contribution in [3.8, 4) is 11.5 Å². The summed E-state index contributed by atoms with van der Waals surface area (Å²) in [6, 6.07) is 21.1. The maximum atomic E-state index is 13.8. The normalized spacial score (nSPS) is 17.6. The number of nitrogens with one attached hydrogen (secondary N) is 1. The Morgan fingerprint density at radius 1 is 1.00 bits per heavy atom. The first-order chi connectivity index (χ1) is 19.6. The first kappa shape index (κ1) is 26.7. The summed E-state index contributed by atoms with van der Waals surface area (Å²) < 4.78 is 16.8. The number of carbonyl (C=O) groups excluding carboxylic acids is 1. The molecule has 1 saturated heterocycles. The molecule has 4 aromatic rings. The average Bonchev–Trinajstić information content (AvgIpc) is 3.37. The van der Waals surface area contributed by atoms with E-state index in [9.17, 15) is 4.79 Å². The van der Waals surface area contributed by atoms with Crippen LogP contribution < -0.4 is 9.47 Å². The third-order valence-electron chi connectivity index (χ3n) is 7.87. The van der Waals surface area contributed by atoms with Gasteiger partial charge in [0.15, 0.2) is 0 Å². The highest BCUT2D eigenvalue weighted by molar-refractivity contribution is 6.31. The number of hydrogen-bond acceptors (Lipinski definition) is 5. The van der Waals surface area contributed by atoms with E-state index in [-0.39, 0.29) is 11.9 Å². The lowest BCUT2D eigenvalue weighted by atomic mass is 9.91. The van der Waals surface area contributed by atoms with Crippen LogP contribution in [0.25, 0.3) is 10.9 Å². The molecule has 1 N–H and O–H groups in total. The highest BCUT2D eigenvalue weighted by Gasteiger charge is 2.35. The Morgan fingerprint density at radius 2 is 1.75 bits per heavy atom. The van der Waals surface area contributed by atoms with Gasteiger partial charge in [-0.3, -0.25) is 9.69 Å². The molecule has 1 amide bonds. The van der Waals surface area contributed by atoms with Crippen LogP contribution >= 0.6 is 11.6 Å². The number of nitrogens with zero attached hydrogens (tertiary/aromatic N) is 2. The Bertz CT molecular complexity index is 1460. The fourth-order valence-corrected chi connectivity index (χ4v) is 5.95. The van der Waals surface area contributed by atoms with Gasteiger partial charge in [-0.1, -0.05) is 23.7 Å². The number of ether oxygens (including phenoxy) is 3. The summed E-state index contributed by atoms with van der Waals surface area (Å²) in [6.45, 7) is 5.88. The van der Waals surface area contributed by atoms with Crippen LogP contribution in [0.15, 0.2) is 66.7 Å². The van der Waals surface area contributed by atoms with Gasteiger partial charge in [-0.15, -0.1) is 0 Å². The maximum Gasteiger partial charge on any atom is 0.254 e. The molecule has 8 heteroatoms. The van der Waals surface area contributed by atoms with E-state index in [4.69, 9.17) is 25.8 Å². The first-order valence-corrected chi connectivity index (χ1v) is 14.3. The molecule has 2 aliphatic heterocycles. The van der Waals surface area contributed by atoms with Crippen molar-refractivity contribution in [2.24, 2.45) is 0 Å². The van der Waals surface area contributed by atoms with E-state index in [0.717, 1.165) is 79.3 Å². The number of rotatable bonds is 8. The Hall–Kier alpha value is -3.52. The monoisotopic (exact) mass is 559 g/mol. The van der Waals surface area contributed by atoms with E-state index >= 15 is 0 Å². The quantitative estimate of drug-likeness (QED) is 0.280. The van der Waals surface area contributed by atoms with Crippen LogP contribution in [-0.2, 0) is 11.2 Å². The number of aromatic amines is 1. The van der Waals surface area contributed by atoms with E-state index in [0.29, 0.717) is 23.7 Å². The van der Waals surface area contributed by atoms with Crippen molar-refractivity contribution >= 4 is 28.4 Å². The second kappa shape index (κ2) is 11.9. The van der Waals surface area contributed by atoms with E-state index in [1.54, 1.807) is 7.11 Å². The maximum absolute atomic E-state index is 13.8. The highest BCUT2D eigenvalue weighted by atomic mass is 35.5. The molecule has 3 aromatic carbocycles. The Morgan fingerprint density at radius 3 is 2.50 bits per heavy atom. The predicted octanol–water partition coefficient (Wildman–Crippen LogP) is 5.72. The number of aromatic nitrogens is 1. The number of methoxy groups -OCH3 is 1. The third kappa shape index (κ3) is 5.55. The lowest BCUT2D eigenvalue weighted by Crippen LogP contribution is -2.40. The molecule has 3 heterocycles. The molecule has 0 spiro atoms. The summed E-state index contributed by atoms with van der Waals surface area (Å²) in [5, 5.41) is 1.82. The van der Waals surface area contributed by atoms with Crippen molar-refractivity contribution in [1.29, 1.82) is 0 Å². The summed E-state index contributed by atoms with van der Waals surface area (Å²) >= 11 is 6.36. The molecule has 1 atom stereocenters. The predicted molar refractivity (Wildman–Crippen MR) is 157 cm³/mol. The zero-order chi connectivity index (χ0) is 27.5. The van der Waals surface area contributed by atoms with Crippen LogP contribution in [0.1, 0.15) is 39.6 Å². The molecule has 2 aliphatic rings. The number of amides is 1. The summed E-state index contributed by atoms with van der Waals surface area (Å²) in [5.41, 5.74) is 4.93. The van der Waals surface area contributed by atoms with Gasteiger partial charge >= 0.3 is 0 Å². The molecule has 0 bridgehead atoms. The zero-order valence-electron chi connectivity index (χ0n) is 22.7. The van der Waals surface area contributed by atoms with Crippen molar-refractivity contribution in [2.45, 2.75) is 18.9 Å². The lowest BCUT2D eigenvalue weighted by Gasteiger charge is -2.36. The SMILES string of the molecule is COc1ccc(C(=O)N2CCc3c([nH]c4ccc(Cl)cc34)C2c2ccc(OCCCN3CCOCC3)cc2)cc1. The molecule has 1 unspecified atom stereocenters. The number of benzene rings is 3. The standard InChI is InChI=1S/C32H34ClN3O4/c1-38-25-8-5-23(6-9-25)32(37)36-15-13-27-28-21-24(33)7-12-29(28)34-30(27)31(36)22-3-10-26(11-4-22)40-18-2-14-35-16-19-39-20-17-35/h3-12,21,31,34H,2,13-20H2,1H3. The molecule has 0 saturated carbocycles. The van der Waals surface area contributed by atoms with Gasteiger partial charge in [0.05, 0.1) is 33.0 Å². The van der Waals surface area contributed by atoms with Crippen LogP contribution in [0.2, 0.25) is 5.02 Å². The van der Waals surface area contributed by atoms with E-state index in [2.05, 4.69) is 22.0 Å². The molecule has 0 radical (unpaired) electrons. The van der Waals surface area contributed by atoms with Gasteiger partial charge in [-0.2, -0.15) is 0 Å². The van der Waals surface area contributed by atoms with Crippen molar-refractivity contribution in [3.05, 3.63) is 94.1 Å².